The largest absolute Gasteiger partial charge is 0.496 e. The predicted molar refractivity (Wildman–Crippen MR) is 79.5 cm³/mol. The van der Waals surface area contributed by atoms with E-state index in [0.717, 1.165) is 23.6 Å². The number of hydrogen-bond acceptors (Lipinski definition) is 4. The molecule has 1 aliphatic rings. The molecule has 1 aromatic carbocycles. The number of benzene rings is 1. The van der Waals surface area contributed by atoms with Crippen LogP contribution in [-0.2, 0) is 4.74 Å². The van der Waals surface area contributed by atoms with Crippen LogP contribution in [0.25, 0.3) is 0 Å². The molecule has 1 aliphatic carbocycles. The summed E-state index contributed by atoms with van der Waals surface area (Å²) in [5.74, 6) is 2.31. The SMILES string of the molecule is CCNC(c1c(OC)cccc1OC)C(OC)C1CC1. The maximum Gasteiger partial charge on any atom is 0.127 e. The molecular formula is C16H25NO3. The second kappa shape index (κ2) is 6.95. The van der Waals surface area contributed by atoms with Crippen molar-refractivity contribution in [3.63, 3.8) is 0 Å². The van der Waals surface area contributed by atoms with E-state index in [2.05, 4.69) is 12.2 Å². The Morgan fingerprint density at radius 3 is 2.15 bits per heavy atom. The summed E-state index contributed by atoms with van der Waals surface area (Å²) in [6.45, 7) is 2.98. The van der Waals surface area contributed by atoms with Gasteiger partial charge in [0.25, 0.3) is 0 Å². The number of ether oxygens (including phenoxy) is 3. The maximum atomic E-state index is 5.77. The average Bonchev–Trinajstić information content (AvgIpc) is 3.31. The molecule has 112 valence electrons. The van der Waals surface area contributed by atoms with Crippen LogP contribution in [0.2, 0.25) is 0 Å². The molecule has 0 aliphatic heterocycles. The normalized spacial score (nSPS) is 17.6. The Morgan fingerprint density at radius 2 is 1.75 bits per heavy atom. The minimum atomic E-state index is 0.0867. The van der Waals surface area contributed by atoms with E-state index in [9.17, 15) is 0 Å². The molecule has 20 heavy (non-hydrogen) atoms. The quantitative estimate of drug-likeness (QED) is 0.794. The van der Waals surface area contributed by atoms with E-state index >= 15 is 0 Å². The maximum absolute atomic E-state index is 5.77. The van der Waals surface area contributed by atoms with Gasteiger partial charge in [-0.15, -0.1) is 0 Å². The van der Waals surface area contributed by atoms with Gasteiger partial charge in [-0.1, -0.05) is 13.0 Å². The molecule has 0 spiro atoms. The van der Waals surface area contributed by atoms with Crippen molar-refractivity contribution < 1.29 is 14.2 Å². The third kappa shape index (κ3) is 3.07. The summed E-state index contributed by atoms with van der Waals surface area (Å²) in [7, 11) is 5.18. The van der Waals surface area contributed by atoms with Crippen LogP contribution in [0.5, 0.6) is 11.5 Å². The molecule has 0 saturated heterocycles. The van der Waals surface area contributed by atoms with Crippen molar-refractivity contribution in [1.82, 2.24) is 5.32 Å². The summed E-state index contributed by atoms with van der Waals surface area (Å²) in [5, 5.41) is 3.54. The van der Waals surface area contributed by atoms with Gasteiger partial charge < -0.3 is 19.5 Å². The van der Waals surface area contributed by atoms with Crippen LogP contribution < -0.4 is 14.8 Å². The number of nitrogens with one attached hydrogen (secondary N) is 1. The van der Waals surface area contributed by atoms with Gasteiger partial charge in [-0.2, -0.15) is 0 Å². The van der Waals surface area contributed by atoms with Crippen molar-refractivity contribution in [2.24, 2.45) is 5.92 Å². The first-order valence-electron chi connectivity index (χ1n) is 7.23. The topological polar surface area (TPSA) is 39.7 Å². The van der Waals surface area contributed by atoms with Gasteiger partial charge in [0.2, 0.25) is 0 Å². The van der Waals surface area contributed by atoms with Gasteiger partial charge in [-0.05, 0) is 37.4 Å². The molecular weight excluding hydrogens is 254 g/mol. The second-order valence-corrected chi connectivity index (χ2v) is 5.15. The Balaban J connectivity index is 2.41. The standard InChI is InChI=1S/C16H25NO3/c1-5-17-15(16(20-4)11-9-10-11)14-12(18-2)7-6-8-13(14)19-3/h6-8,11,15-17H,5,9-10H2,1-4H3. The van der Waals surface area contributed by atoms with Crippen LogP contribution >= 0.6 is 0 Å². The first-order valence-corrected chi connectivity index (χ1v) is 7.23. The summed E-state index contributed by atoms with van der Waals surface area (Å²) in [6, 6.07) is 5.98. The minimum Gasteiger partial charge on any atom is -0.496 e. The first kappa shape index (κ1) is 15.1. The summed E-state index contributed by atoms with van der Waals surface area (Å²) < 4.78 is 16.8. The van der Waals surface area contributed by atoms with Crippen molar-refractivity contribution in [2.75, 3.05) is 27.9 Å². The summed E-state index contributed by atoms with van der Waals surface area (Å²) in [5.41, 5.74) is 1.05. The highest BCUT2D eigenvalue weighted by atomic mass is 16.5. The molecule has 2 rings (SSSR count). The van der Waals surface area contributed by atoms with Gasteiger partial charge in [0.05, 0.1) is 31.9 Å². The van der Waals surface area contributed by atoms with Crippen LogP contribution in [0, 0.1) is 5.92 Å². The van der Waals surface area contributed by atoms with Crippen LogP contribution in [-0.4, -0.2) is 34.0 Å². The average molecular weight is 279 g/mol. The number of rotatable bonds is 8. The molecule has 1 aromatic rings. The van der Waals surface area contributed by atoms with Gasteiger partial charge in [0.15, 0.2) is 0 Å². The van der Waals surface area contributed by atoms with Gasteiger partial charge in [-0.25, -0.2) is 0 Å². The van der Waals surface area contributed by atoms with Crippen molar-refractivity contribution in [1.29, 1.82) is 0 Å². The fraction of sp³-hybridized carbons (Fsp3) is 0.625. The molecule has 0 radical (unpaired) electrons. The Bertz CT molecular complexity index is 409. The highest BCUT2D eigenvalue weighted by Crippen LogP contribution is 2.44. The van der Waals surface area contributed by atoms with Gasteiger partial charge >= 0.3 is 0 Å². The molecule has 0 aromatic heterocycles. The van der Waals surface area contributed by atoms with E-state index in [0.29, 0.717) is 5.92 Å². The molecule has 1 N–H and O–H groups in total. The van der Waals surface area contributed by atoms with Crippen molar-refractivity contribution in [2.45, 2.75) is 31.9 Å². The molecule has 2 atom stereocenters. The van der Waals surface area contributed by atoms with E-state index in [1.807, 2.05) is 18.2 Å². The van der Waals surface area contributed by atoms with Crippen LogP contribution in [0.3, 0.4) is 0 Å². The van der Waals surface area contributed by atoms with E-state index in [1.54, 1.807) is 21.3 Å². The fourth-order valence-electron chi connectivity index (χ4n) is 2.81. The minimum absolute atomic E-state index is 0.0867. The number of likely N-dealkylation sites (N-methyl/N-ethyl adjacent to an activating group) is 1. The second-order valence-electron chi connectivity index (χ2n) is 5.15. The Labute approximate surface area is 121 Å². The molecule has 0 amide bonds. The molecule has 0 bridgehead atoms. The first-order chi connectivity index (χ1) is 9.76. The lowest BCUT2D eigenvalue weighted by Gasteiger charge is -2.29. The highest BCUT2D eigenvalue weighted by Gasteiger charge is 2.39. The van der Waals surface area contributed by atoms with E-state index in [-0.39, 0.29) is 12.1 Å². The van der Waals surface area contributed by atoms with Crippen molar-refractivity contribution >= 4 is 0 Å². The highest BCUT2D eigenvalue weighted by molar-refractivity contribution is 5.47. The van der Waals surface area contributed by atoms with Crippen LogP contribution in [0.15, 0.2) is 18.2 Å². The third-order valence-electron chi connectivity index (χ3n) is 3.89. The lowest BCUT2D eigenvalue weighted by Crippen LogP contribution is -2.35. The summed E-state index contributed by atoms with van der Waals surface area (Å²) in [4.78, 5) is 0. The zero-order valence-electron chi connectivity index (χ0n) is 12.8. The molecule has 4 nitrogen and oxygen atoms in total. The monoisotopic (exact) mass is 279 g/mol. The molecule has 4 heteroatoms. The third-order valence-corrected chi connectivity index (χ3v) is 3.89. The van der Waals surface area contributed by atoms with Gasteiger partial charge in [0, 0.05) is 7.11 Å². The zero-order valence-corrected chi connectivity index (χ0v) is 12.8. The molecule has 1 fully saturated rings. The molecule has 2 unspecified atom stereocenters. The van der Waals surface area contributed by atoms with E-state index in [4.69, 9.17) is 14.2 Å². The van der Waals surface area contributed by atoms with Crippen molar-refractivity contribution in [3.05, 3.63) is 23.8 Å². The molecule has 0 heterocycles. The fourth-order valence-corrected chi connectivity index (χ4v) is 2.81. The number of hydrogen-bond donors (Lipinski definition) is 1. The van der Waals surface area contributed by atoms with Crippen molar-refractivity contribution in [3.8, 4) is 11.5 Å². The Hall–Kier alpha value is -1.26. The van der Waals surface area contributed by atoms with Crippen LogP contribution in [0.4, 0.5) is 0 Å². The summed E-state index contributed by atoms with van der Waals surface area (Å²) >= 11 is 0. The Kier molecular flexibility index (Phi) is 5.26. The van der Waals surface area contributed by atoms with E-state index in [1.165, 1.54) is 12.8 Å². The summed E-state index contributed by atoms with van der Waals surface area (Å²) in [6.07, 6.45) is 2.62. The Morgan fingerprint density at radius 1 is 1.15 bits per heavy atom. The smallest absolute Gasteiger partial charge is 0.127 e. The van der Waals surface area contributed by atoms with E-state index < -0.39 is 0 Å². The predicted octanol–water partition coefficient (Wildman–Crippen LogP) is 2.78. The number of methoxy groups -OCH3 is 3. The van der Waals surface area contributed by atoms with Gasteiger partial charge in [-0.3, -0.25) is 0 Å². The van der Waals surface area contributed by atoms with Crippen LogP contribution in [0.1, 0.15) is 31.4 Å². The zero-order chi connectivity index (χ0) is 14.5. The lowest BCUT2D eigenvalue weighted by atomic mass is 9.96. The lowest BCUT2D eigenvalue weighted by molar-refractivity contribution is 0.0496. The molecule has 1 saturated carbocycles. The van der Waals surface area contributed by atoms with Gasteiger partial charge in [0.1, 0.15) is 11.5 Å².